The highest BCUT2D eigenvalue weighted by atomic mass is 16.2. The van der Waals surface area contributed by atoms with E-state index in [0.29, 0.717) is 13.0 Å². The van der Waals surface area contributed by atoms with E-state index in [2.05, 4.69) is 42.7 Å². The van der Waals surface area contributed by atoms with Gasteiger partial charge in [-0.05, 0) is 56.0 Å². The van der Waals surface area contributed by atoms with Crippen molar-refractivity contribution in [3.8, 4) is 0 Å². The summed E-state index contributed by atoms with van der Waals surface area (Å²) in [6.07, 6.45) is 1.54. The Hall–Kier alpha value is -2.82. The maximum absolute atomic E-state index is 12.2. The third-order valence-electron chi connectivity index (χ3n) is 5.02. The zero-order chi connectivity index (χ0) is 19.4. The van der Waals surface area contributed by atoms with Crippen molar-refractivity contribution in [1.29, 1.82) is 0 Å². The molecule has 0 saturated carbocycles. The zero-order valence-corrected chi connectivity index (χ0v) is 16.2. The van der Waals surface area contributed by atoms with E-state index in [0.717, 1.165) is 29.8 Å². The maximum Gasteiger partial charge on any atom is 0.315 e. The molecule has 142 valence electrons. The molecule has 27 heavy (non-hydrogen) atoms. The van der Waals surface area contributed by atoms with Crippen molar-refractivity contribution < 1.29 is 9.59 Å². The van der Waals surface area contributed by atoms with Crippen LogP contribution < -0.4 is 15.5 Å². The molecule has 2 aromatic carbocycles. The van der Waals surface area contributed by atoms with Gasteiger partial charge in [-0.1, -0.05) is 35.9 Å². The molecule has 5 heteroatoms. The van der Waals surface area contributed by atoms with E-state index < -0.39 is 0 Å². The summed E-state index contributed by atoms with van der Waals surface area (Å²) in [6.45, 7) is 7.32. The molecule has 5 nitrogen and oxygen atoms in total. The molecule has 3 rings (SSSR count). The van der Waals surface area contributed by atoms with Crippen molar-refractivity contribution in [2.75, 3.05) is 11.4 Å². The Morgan fingerprint density at radius 2 is 1.89 bits per heavy atom. The second-order valence-corrected chi connectivity index (χ2v) is 7.22. The van der Waals surface area contributed by atoms with Gasteiger partial charge in [0.15, 0.2) is 0 Å². The minimum Gasteiger partial charge on any atom is -0.334 e. The Balaban J connectivity index is 1.53. The summed E-state index contributed by atoms with van der Waals surface area (Å²) in [5, 5.41) is 5.89. The number of nitrogens with one attached hydrogen (secondary N) is 2. The van der Waals surface area contributed by atoms with E-state index in [9.17, 15) is 9.59 Å². The second kappa shape index (κ2) is 8.25. The largest absolute Gasteiger partial charge is 0.334 e. The summed E-state index contributed by atoms with van der Waals surface area (Å²) in [6, 6.07) is 13.8. The Morgan fingerprint density at radius 1 is 1.15 bits per heavy atom. The quantitative estimate of drug-likeness (QED) is 0.842. The number of amides is 3. The van der Waals surface area contributed by atoms with Crippen LogP contribution >= 0.6 is 0 Å². The van der Waals surface area contributed by atoms with Crippen LogP contribution in [0, 0.1) is 13.8 Å². The molecule has 0 radical (unpaired) electrons. The van der Waals surface area contributed by atoms with Crippen molar-refractivity contribution in [1.82, 2.24) is 10.6 Å². The maximum atomic E-state index is 12.2. The normalized spacial score (nSPS) is 14.9. The lowest BCUT2D eigenvalue weighted by atomic mass is 10.0. The molecule has 2 N–H and O–H groups in total. The molecule has 1 fully saturated rings. The molecule has 0 bridgehead atoms. The minimum atomic E-state index is -0.192. The van der Waals surface area contributed by atoms with Crippen LogP contribution in [-0.4, -0.2) is 18.5 Å². The number of nitrogens with zero attached hydrogens (tertiary/aromatic N) is 1. The number of anilines is 1. The van der Waals surface area contributed by atoms with Crippen LogP contribution in [0.1, 0.15) is 48.1 Å². The molecule has 0 aliphatic carbocycles. The standard InChI is InChI=1S/C22H27N3O2/c1-15-6-7-16(2)20(13-15)17(3)24-22(27)23-14-18-8-10-19(11-9-18)25-12-4-5-21(25)26/h6-11,13,17H,4-5,12,14H2,1-3H3,(H2,23,24,27). The van der Waals surface area contributed by atoms with E-state index >= 15 is 0 Å². The molecule has 1 unspecified atom stereocenters. The molecule has 0 aromatic heterocycles. The number of hydrogen-bond acceptors (Lipinski definition) is 2. The molecule has 2 aromatic rings. The summed E-state index contributed by atoms with van der Waals surface area (Å²) in [5.74, 6) is 0.181. The Labute approximate surface area is 160 Å². The molecule has 1 atom stereocenters. The van der Waals surface area contributed by atoms with Gasteiger partial charge < -0.3 is 15.5 Å². The van der Waals surface area contributed by atoms with Gasteiger partial charge in [-0.25, -0.2) is 4.79 Å². The summed E-state index contributed by atoms with van der Waals surface area (Å²) in [5.41, 5.74) is 5.40. The highest BCUT2D eigenvalue weighted by Gasteiger charge is 2.21. The third-order valence-corrected chi connectivity index (χ3v) is 5.02. The number of benzene rings is 2. The number of aryl methyl sites for hydroxylation is 2. The molecule has 3 amide bonds. The van der Waals surface area contributed by atoms with Crippen LogP contribution in [0.15, 0.2) is 42.5 Å². The molecular formula is C22H27N3O2. The van der Waals surface area contributed by atoms with E-state index in [1.807, 2.05) is 36.1 Å². The van der Waals surface area contributed by atoms with Crippen molar-refractivity contribution in [3.63, 3.8) is 0 Å². The molecule has 1 aliphatic heterocycles. The summed E-state index contributed by atoms with van der Waals surface area (Å²) < 4.78 is 0. The first-order chi connectivity index (χ1) is 12.9. The summed E-state index contributed by atoms with van der Waals surface area (Å²) >= 11 is 0. The summed E-state index contributed by atoms with van der Waals surface area (Å²) in [7, 11) is 0. The average Bonchev–Trinajstić information content (AvgIpc) is 3.08. The van der Waals surface area contributed by atoms with E-state index in [4.69, 9.17) is 0 Å². The Morgan fingerprint density at radius 3 is 2.56 bits per heavy atom. The Kier molecular flexibility index (Phi) is 5.79. The van der Waals surface area contributed by atoms with Gasteiger partial charge in [0, 0.05) is 25.2 Å². The second-order valence-electron chi connectivity index (χ2n) is 7.22. The van der Waals surface area contributed by atoms with Crippen molar-refractivity contribution in [2.24, 2.45) is 0 Å². The summed E-state index contributed by atoms with van der Waals surface area (Å²) in [4.78, 5) is 25.9. The van der Waals surface area contributed by atoms with Crippen molar-refractivity contribution in [2.45, 2.75) is 46.2 Å². The molecule has 1 heterocycles. The number of hydrogen-bond donors (Lipinski definition) is 2. The number of carbonyl (C=O) groups excluding carboxylic acids is 2. The molecule has 1 aliphatic rings. The van der Waals surface area contributed by atoms with Crippen LogP contribution in [0.3, 0.4) is 0 Å². The van der Waals surface area contributed by atoms with Crippen molar-refractivity contribution >= 4 is 17.6 Å². The topological polar surface area (TPSA) is 61.4 Å². The van der Waals surface area contributed by atoms with Gasteiger partial charge in [0.2, 0.25) is 5.91 Å². The van der Waals surface area contributed by atoms with Gasteiger partial charge in [-0.15, -0.1) is 0 Å². The zero-order valence-electron chi connectivity index (χ0n) is 16.2. The van der Waals surface area contributed by atoms with Gasteiger partial charge in [-0.3, -0.25) is 4.79 Å². The fraction of sp³-hybridized carbons (Fsp3) is 0.364. The third kappa shape index (κ3) is 4.67. The van der Waals surface area contributed by atoms with Gasteiger partial charge in [0.25, 0.3) is 0 Å². The van der Waals surface area contributed by atoms with Crippen LogP contribution in [0.2, 0.25) is 0 Å². The first kappa shape index (κ1) is 19.0. The molecular weight excluding hydrogens is 338 g/mol. The van der Waals surface area contributed by atoms with Crippen LogP contribution in [0.4, 0.5) is 10.5 Å². The lowest BCUT2D eigenvalue weighted by molar-refractivity contribution is -0.117. The predicted octanol–water partition coefficient (Wildman–Crippen LogP) is 3.99. The first-order valence-electron chi connectivity index (χ1n) is 9.45. The van der Waals surface area contributed by atoms with Gasteiger partial charge >= 0.3 is 6.03 Å². The lowest BCUT2D eigenvalue weighted by Crippen LogP contribution is -2.36. The van der Waals surface area contributed by atoms with E-state index in [1.54, 1.807) is 0 Å². The van der Waals surface area contributed by atoms with Crippen LogP contribution in [-0.2, 0) is 11.3 Å². The van der Waals surface area contributed by atoms with E-state index in [1.165, 1.54) is 11.1 Å². The number of carbonyl (C=O) groups is 2. The average molecular weight is 365 g/mol. The van der Waals surface area contributed by atoms with Gasteiger partial charge in [0.05, 0.1) is 6.04 Å². The minimum absolute atomic E-state index is 0.0616. The van der Waals surface area contributed by atoms with Crippen LogP contribution in [0.25, 0.3) is 0 Å². The van der Waals surface area contributed by atoms with Crippen molar-refractivity contribution in [3.05, 3.63) is 64.7 Å². The highest BCUT2D eigenvalue weighted by Crippen LogP contribution is 2.22. The van der Waals surface area contributed by atoms with E-state index in [-0.39, 0.29) is 18.0 Å². The fourth-order valence-electron chi connectivity index (χ4n) is 3.45. The lowest BCUT2D eigenvalue weighted by Gasteiger charge is -2.18. The highest BCUT2D eigenvalue weighted by molar-refractivity contribution is 5.95. The van der Waals surface area contributed by atoms with Gasteiger partial charge in [-0.2, -0.15) is 0 Å². The number of urea groups is 1. The monoisotopic (exact) mass is 365 g/mol. The molecule has 0 spiro atoms. The SMILES string of the molecule is Cc1ccc(C)c(C(C)NC(=O)NCc2ccc(N3CCCC3=O)cc2)c1. The molecule has 1 saturated heterocycles. The number of rotatable bonds is 5. The van der Waals surface area contributed by atoms with Crippen LogP contribution in [0.5, 0.6) is 0 Å². The first-order valence-corrected chi connectivity index (χ1v) is 9.45. The smallest absolute Gasteiger partial charge is 0.315 e. The predicted molar refractivity (Wildman–Crippen MR) is 108 cm³/mol. The Bertz CT molecular complexity index is 830. The fourth-order valence-corrected chi connectivity index (χ4v) is 3.45. The van der Waals surface area contributed by atoms with Gasteiger partial charge in [0.1, 0.15) is 0 Å².